The normalized spacial score (nSPS) is 19.5. The number of halogens is 2. The molecule has 1 unspecified atom stereocenters. The fourth-order valence-electron chi connectivity index (χ4n) is 2.09. The highest BCUT2D eigenvalue weighted by Crippen LogP contribution is 2.22. The van der Waals surface area contributed by atoms with Crippen molar-refractivity contribution >= 4 is 29.1 Å². The van der Waals surface area contributed by atoms with Crippen molar-refractivity contribution in [3.63, 3.8) is 0 Å². The minimum atomic E-state index is -0.100. The van der Waals surface area contributed by atoms with E-state index in [0.717, 1.165) is 0 Å². The molecule has 1 aromatic carbocycles. The van der Waals surface area contributed by atoms with Crippen LogP contribution in [0.3, 0.4) is 0 Å². The molecule has 1 saturated heterocycles. The smallest absolute Gasteiger partial charge is 0.255 e. The number of ether oxygens (including phenoxy) is 1. The Morgan fingerprint density at radius 1 is 1.53 bits per heavy atom. The van der Waals surface area contributed by atoms with Crippen LogP contribution < -0.4 is 5.32 Å². The number of rotatable bonds is 3. The van der Waals surface area contributed by atoms with E-state index in [1.54, 1.807) is 23.1 Å². The number of carbonyl (C=O) groups excluding carboxylic acids is 1. The predicted molar refractivity (Wildman–Crippen MR) is 76.0 cm³/mol. The lowest BCUT2D eigenvalue weighted by molar-refractivity contribution is -0.0196. The second kappa shape index (κ2) is 6.57. The Labute approximate surface area is 122 Å². The van der Waals surface area contributed by atoms with Crippen LogP contribution in [-0.2, 0) is 4.74 Å². The molecule has 0 bridgehead atoms. The van der Waals surface area contributed by atoms with Crippen molar-refractivity contribution in [2.45, 2.75) is 6.10 Å². The number of hydrogen-bond acceptors (Lipinski definition) is 3. The average Bonchev–Trinajstić information content (AvgIpc) is 2.41. The van der Waals surface area contributed by atoms with E-state index < -0.39 is 0 Å². The minimum absolute atomic E-state index is 0.0145. The summed E-state index contributed by atoms with van der Waals surface area (Å²) in [5.74, 6) is -0.100. The molecule has 104 valence electrons. The molecule has 1 aliphatic rings. The Hall–Kier alpha value is -0.810. The third-order valence-electron chi connectivity index (χ3n) is 3.02. The summed E-state index contributed by atoms with van der Waals surface area (Å²) < 4.78 is 5.57. The summed E-state index contributed by atoms with van der Waals surface area (Å²) in [6.45, 7) is 2.38. The molecule has 0 aliphatic carbocycles. The van der Waals surface area contributed by atoms with Gasteiger partial charge in [-0.1, -0.05) is 23.2 Å². The van der Waals surface area contributed by atoms with Crippen LogP contribution in [0.15, 0.2) is 18.2 Å². The van der Waals surface area contributed by atoms with Crippen LogP contribution in [-0.4, -0.2) is 50.2 Å². The number of benzene rings is 1. The Balaban J connectivity index is 2.12. The first kappa shape index (κ1) is 14.6. The summed E-state index contributed by atoms with van der Waals surface area (Å²) in [4.78, 5) is 14.2. The third-order valence-corrected chi connectivity index (χ3v) is 3.58. The monoisotopic (exact) mass is 302 g/mol. The molecule has 0 aromatic heterocycles. The highest BCUT2D eigenvalue weighted by molar-refractivity contribution is 6.35. The molecule has 2 rings (SSSR count). The van der Waals surface area contributed by atoms with Gasteiger partial charge in [0, 0.05) is 24.7 Å². The quantitative estimate of drug-likeness (QED) is 0.929. The fraction of sp³-hybridized carbons (Fsp3) is 0.462. The van der Waals surface area contributed by atoms with Gasteiger partial charge in [0.15, 0.2) is 0 Å². The first-order chi connectivity index (χ1) is 9.11. The summed E-state index contributed by atoms with van der Waals surface area (Å²) in [5, 5.41) is 3.98. The van der Waals surface area contributed by atoms with Gasteiger partial charge < -0.3 is 15.0 Å². The molecule has 0 spiro atoms. The molecule has 6 heteroatoms. The molecule has 0 radical (unpaired) electrons. The van der Waals surface area contributed by atoms with Crippen molar-refractivity contribution in [3.8, 4) is 0 Å². The van der Waals surface area contributed by atoms with E-state index >= 15 is 0 Å². The van der Waals surface area contributed by atoms with Gasteiger partial charge in [-0.3, -0.25) is 4.79 Å². The first-order valence-corrected chi connectivity index (χ1v) is 6.88. The van der Waals surface area contributed by atoms with E-state index in [-0.39, 0.29) is 12.0 Å². The molecular formula is C13H16Cl2N2O2. The maximum absolute atomic E-state index is 12.4. The van der Waals surface area contributed by atoms with E-state index in [4.69, 9.17) is 27.9 Å². The molecule has 0 saturated carbocycles. The summed E-state index contributed by atoms with van der Waals surface area (Å²) in [7, 11) is 1.86. The van der Waals surface area contributed by atoms with Gasteiger partial charge in [0.1, 0.15) is 0 Å². The minimum Gasteiger partial charge on any atom is -0.373 e. The SMILES string of the molecule is CNCC1CN(C(=O)c2cc(Cl)ccc2Cl)CCO1. The molecule has 1 aliphatic heterocycles. The number of nitrogens with zero attached hydrogens (tertiary/aromatic N) is 1. The second-order valence-electron chi connectivity index (χ2n) is 4.43. The van der Waals surface area contributed by atoms with Gasteiger partial charge >= 0.3 is 0 Å². The molecule has 1 N–H and O–H groups in total. The van der Waals surface area contributed by atoms with Crippen LogP contribution in [0.4, 0.5) is 0 Å². The van der Waals surface area contributed by atoms with Gasteiger partial charge in [-0.25, -0.2) is 0 Å². The molecule has 1 amide bonds. The number of hydrogen-bond donors (Lipinski definition) is 1. The number of nitrogens with one attached hydrogen (secondary N) is 1. The Kier molecular flexibility index (Phi) is 5.05. The second-order valence-corrected chi connectivity index (χ2v) is 5.27. The standard InChI is InChI=1S/C13H16Cl2N2O2/c1-16-7-10-8-17(4-5-19-10)13(18)11-6-9(14)2-3-12(11)15/h2-3,6,10,16H,4-5,7-8H2,1H3. The highest BCUT2D eigenvalue weighted by atomic mass is 35.5. The van der Waals surface area contributed by atoms with Crippen molar-refractivity contribution in [2.24, 2.45) is 0 Å². The van der Waals surface area contributed by atoms with Gasteiger partial charge in [0.25, 0.3) is 5.91 Å². The molecule has 4 nitrogen and oxygen atoms in total. The van der Waals surface area contributed by atoms with Crippen LogP contribution in [0, 0.1) is 0 Å². The lowest BCUT2D eigenvalue weighted by atomic mass is 10.1. The van der Waals surface area contributed by atoms with Gasteiger partial charge in [-0.05, 0) is 25.2 Å². The summed E-state index contributed by atoms with van der Waals surface area (Å²) >= 11 is 12.0. The largest absolute Gasteiger partial charge is 0.373 e. The average molecular weight is 303 g/mol. The van der Waals surface area contributed by atoms with Crippen LogP contribution in [0.1, 0.15) is 10.4 Å². The van der Waals surface area contributed by atoms with Crippen molar-refractivity contribution in [1.82, 2.24) is 10.2 Å². The van der Waals surface area contributed by atoms with Crippen molar-refractivity contribution in [2.75, 3.05) is 33.3 Å². The fourth-order valence-corrected chi connectivity index (χ4v) is 2.46. The lowest BCUT2D eigenvalue weighted by Gasteiger charge is -2.33. The number of carbonyl (C=O) groups is 1. The molecular weight excluding hydrogens is 287 g/mol. The summed E-state index contributed by atoms with van der Waals surface area (Å²) in [6, 6.07) is 4.92. The number of amides is 1. The van der Waals surface area contributed by atoms with E-state index in [1.165, 1.54) is 0 Å². The van der Waals surface area contributed by atoms with Gasteiger partial charge in [0.05, 0.1) is 23.3 Å². The Morgan fingerprint density at radius 3 is 3.05 bits per heavy atom. The molecule has 1 atom stereocenters. The van der Waals surface area contributed by atoms with Crippen LogP contribution >= 0.6 is 23.2 Å². The number of morpholine rings is 1. The Bertz CT molecular complexity index is 466. The van der Waals surface area contributed by atoms with Crippen molar-refractivity contribution in [1.29, 1.82) is 0 Å². The predicted octanol–water partition coefficient (Wildman–Crippen LogP) is 2.05. The topological polar surface area (TPSA) is 41.6 Å². The van der Waals surface area contributed by atoms with Crippen LogP contribution in [0.2, 0.25) is 10.0 Å². The van der Waals surface area contributed by atoms with Crippen LogP contribution in [0.5, 0.6) is 0 Å². The Morgan fingerprint density at radius 2 is 2.32 bits per heavy atom. The van der Waals surface area contributed by atoms with Gasteiger partial charge in [-0.2, -0.15) is 0 Å². The van der Waals surface area contributed by atoms with Crippen molar-refractivity contribution < 1.29 is 9.53 Å². The third kappa shape index (κ3) is 3.60. The molecule has 1 heterocycles. The lowest BCUT2D eigenvalue weighted by Crippen LogP contribution is -2.48. The summed E-state index contributed by atoms with van der Waals surface area (Å²) in [6.07, 6.45) is 0.0145. The van der Waals surface area contributed by atoms with E-state index in [9.17, 15) is 4.79 Å². The highest BCUT2D eigenvalue weighted by Gasteiger charge is 2.25. The van der Waals surface area contributed by atoms with Gasteiger partial charge in [0.2, 0.25) is 0 Å². The molecule has 19 heavy (non-hydrogen) atoms. The molecule has 1 fully saturated rings. The van der Waals surface area contributed by atoms with E-state index in [1.807, 2.05) is 7.05 Å². The summed E-state index contributed by atoms with van der Waals surface area (Å²) in [5.41, 5.74) is 0.444. The zero-order valence-electron chi connectivity index (χ0n) is 10.7. The zero-order chi connectivity index (χ0) is 13.8. The maximum atomic E-state index is 12.4. The first-order valence-electron chi connectivity index (χ1n) is 6.12. The van der Waals surface area contributed by atoms with E-state index in [2.05, 4.69) is 5.32 Å². The number of likely N-dealkylation sites (N-methyl/N-ethyl adjacent to an activating group) is 1. The van der Waals surface area contributed by atoms with Gasteiger partial charge in [-0.15, -0.1) is 0 Å². The maximum Gasteiger partial charge on any atom is 0.255 e. The van der Waals surface area contributed by atoms with Crippen molar-refractivity contribution in [3.05, 3.63) is 33.8 Å². The van der Waals surface area contributed by atoms with E-state index in [0.29, 0.717) is 41.8 Å². The zero-order valence-corrected chi connectivity index (χ0v) is 12.2. The van der Waals surface area contributed by atoms with Crippen LogP contribution in [0.25, 0.3) is 0 Å². The molecule has 1 aromatic rings.